The number of halogens is 1. The Kier molecular flexibility index (Phi) is 4.32. The van der Waals surface area contributed by atoms with Crippen LogP contribution >= 0.6 is 11.6 Å². The molecule has 1 heterocycles. The van der Waals surface area contributed by atoms with E-state index in [0.29, 0.717) is 6.04 Å². The van der Waals surface area contributed by atoms with Crippen LogP contribution in [0.1, 0.15) is 31.4 Å². The van der Waals surface area contributed by atoms with E-state index in [1.807, 2.05) is 12.1 Å². The molecule has 0 spiro atoms. The zero-order valence-electron chi connectivity index (χ0n) is 12.1. The third kappa shape index (κ3) is 3.17. The summed E-state index contributed by atoms with van der Waals surface area (Å²) in [6, 6.07) is 9.46. The van der Waals surface area contributed by atoms with Gasteiger partial charge in [0.2, 0.25) is 0 Å². The van der Waals surface area contributed by atoms with E-state index < -0.39 is 0 Å². The molecule has 1 aliphatic heterocycles. The van der Waals surface area contributed by atoms with Gasteiger partial charge in [0.25, 0.3) is 0 Å². The topological polar surface area (TPSA) is 32.5 Å². The van der Waals surface area contributed by atoms with Gasteiger partial charge in [0, 0.05) is 49.3 Å². The lowest BCUT2D eigenvalue weighted by Gasteiger charge is -2.41. The van der Waals surface area contributed by atoms with Gasteiger partial charge in [0.15, 0.2) is 0 Å². The molecule has 2 atom stereocenters. The van der Waals surface area contributed by atoms with E-state index in [1.165, 1.54) is 31.5 Å². The van der Waals surface area contributed by atoms with Crippen LogP contribution in [-0.4, -0.2) is 48.1 Å². The summed E-state index contributed by atoms with van der Waals surface area (Å²) < 4.78 is 0. The fourth-order valence-corrected chi connectivity index (χ4v) is 3.45. The van der Waals surface area contributed by atoms with Crippen LogP contribution in [0.25, 0.3) is 0 Å². The van der Waals surface area contributed by atoms with E-state index in [4.69, 9.17) is 17.3 Å². The van der Waals surface area contributed by atoms with E-state index in [1.54, 1.807) is 0 Å². The Morgan fingerprint density at radius 1 is 1.10 bits per heavy atom. The first-order chi connectivity index (χ1) is 9.65. The number of nitrogens with two attached hydrogens (primary N) is 1. The third-order valence-electron chi connectivity index (χ3n) is 4.52. The van der Waals surface area contributed by atoms with Crippen molar-refractivity contribution >= 4 is 11.6 Å². The summed E-state index contributed by atoms with van der Waals surface area (Å²) in [5.41, 5.74) is 7.54. The summed E-state index contributed by atoms with van der Waals surface area (Å²) in [5.74, 6) is 0. The minimum atomic E-state index is 0.128. The highest BCUT2D eigenvalue weighted by Gasteiger charge is 2.33. The first-order valence-corrected chi connectivity index (χ1v) is 8.02. The van der Waals surface area contributed by atoms with Crippen LogP contribution in [0.2, 0.25) is 5.02 Å². The molecule has 2 N–H and O–H groups in total. The fourth-order valence-electron chi connectivity index (χ4n) is 3.33. The van der Waals surface area contributed by atoms with E-state index in [2.05, 4.69) is 28.9 Å². The Balaban J connectivity index is 1.69. The maximum absolute atomic E-state index is 6.26. The first-order valence-electron chi connectivity index (χ1n) is 7.64. The molecule has 1 aromatic carbocycles. The average Bonchev–Trinajstić information content (AvgIpc) is 3.26. The lowest BCUT2D eigenvalue weighted by molar-refractivity contribution is 0.0826. The molecule has 2 fully saturated rings. The molecule has 3 rings (SSSR count). The molecule has 3 nitrogen and oxygen atoms in total. The predicted octanol–water partition coefficient (Wildman–Crippen LogP) is 2.51. The predicted molar refractivity (Wildman–Crippen MR) is 84.0 cm³/mol. The quantitative estimate of drug-likeness (QED) is 0.926. The standard InChI is InChI=1S/C16H24ClN3/c1-12(18)16(13-2-4-14(17)5-3-13)20-10-8-19(9-11-20)15-6-7-15/h2-5,12,15-16H,6-11,18H2,1H3. The highest BCUT2D eigenvalue weighted by Crippen LogP contribution is 2.30. The van der Waals surface area contributed by atoms with E-state index >= 15 is 0 Å². The minimum Gasteiger partial charge on any atom is -0.326 e. The van der Waals surface area contributed by atoms with Crippen LogP contribution in [-0.2, 0) is 0 Å². The molecule has 0 radical (unpaired) electrons. The van der Waals surface area contributed by atoms with Crippen LogP contribution < -0.4 is 5.73 Å². The van der Waals surface area contributed by atoms with Gasteiger partial charge in [-0.15, -0.1) is 0 Å². The Labute approximate surface area is 126 Å². The summed E-state index contributed by atoms with van der Waals surface area (Å²) in [6.07, 6.45) is 2.79. The first kappa shape index (κ1) is 14.3. The van der Waals surface area contributed by atoms with Crippen molar-refractivity contribution in [2.75, 3.05) is 26.2 Å². The molecule has 0 amide bonds. The van der Waals surface area contributed by atoms with Crippen molar-refractivity contribution in [1.29, 1.82) is 0 Å². The second-order valence-electron chi connectivity index (χ2n) is 6.16. The molecule has 1 aromatic rings. The Morgan fingerprint density at radius 2 is 1.70 bits per heavy atom. The molecule has 2 unspecified atom stereocenters. The second kappa shape index (κ2) is 6.02. The molecule has 1 saturated carbocycles. The van der Waals surface area contributed by atoms with Gasteiger partial charge in [-0.2, -0.15) is 0 Å². The SMILES string of the molecule is CC(N)C(c1ccc(Cl)cc1)N1CCN(C2CC2)CC1. The number of hydrogen-bond donors (Lipinski definition) is 1. The third-order valence-corrected chi connectivity index (χ3v) is 4.77. The lowest BCUT2D eigenvalue weighted by Crippen LogP contribution is -2.51. The van der Waals surface area contributed by atoms with Gasteiger partial charge in [0.1, 0.15) is 0 Å². The van der Waals surface area contributed by atoms with Gasteiger partial charge < -0.3 is 5.73 Å². The van der Waals surface area contributed by atoms with Crippen LogP contribution in [0, 0.1) is 0 Å². The van der Waals surface area contributed by atoms with Crippen LogP contribution in [0.3, 0.4) is 0 Å². The molecule has 0 bridgehead atoms. The highest BCUT2D eigenvalue weighted by molar-refractivity contribution is 6.30. The van der Waals surface area contributed by atoms with E-state index in [0.717, 1.165) is 24.2 Å². The molecular weight excluding hydrogens is 270 g/mol. The fraction of sp³-hybridized carbons (Fsp3) is 0.625. The van der Waals surface area contributed by atoms with Gasteiger partial charge in [-0.05, 0) is 37.5 Å². The highest BCUT2D eigenvalue weighted by atomic mass is 35.5. The van der Waals surface area contributed by atoms with Gasteiger partial charge in [0.05, 0.1) is 0 Å². The maximum atomic E-state index is 6.26. The summed E-state index contributed by atoms with van der Waals surface area (Å²) in [6.45, 7) is 6.70. The van der Waals surface area contributed by atoms with Gasteiger partial charge in [-0.3, -0.25) is 9.80 Å². The molecule has 110 valence electrons. The number of piperazine rings is 1. The largest absolute Gasteiger partial charge is 0.326 e. The number of hydrogen-bond acceptors (Lipinski definition) is 3. The monoisotopic (exact) mass is 293 g/mol. The molecule has 1 saturated heterocycles. The van der Waals surface area contributed by atoms with Crippen molar-refractivity contribution in [1.82, 2.24) is 9.80 Å². The maximum Gasteiger partial charge on any atom is 0.0497 e. The molecule has 2 aliphatic rings. The van der Waals surface area contributed by atoms with Gasteiger partial charge in [-0.1, -0.05) is 23.7 Å². The lowest BCUT2D eigenvalue weighted by atomic mass is 9.98. The van der Waals surface area contributed by atoms with Crippen molar-refractivity contribution in [2.45, 2.75) is 37.9 Å². The van der Waals surface area contributed by atoms with E-state index in [-0.39, 0.29) is 6.04 Å². The van der Waals surface area contributed by atoms with Gasteiger partial charge >= 0.3 is 0 Å². The van der Waals surface area contributed by atoms with Crippen molar-refractivity contribution in [3.8, 4) is 0 Å². The van der Waals surface area contributed by atoms with Crippen LogP contribution in [0.15, 0.2) is 24.3 Å². The van der Waals surface area contributed by atoms with Crippen LogP contribution in [0.4, 0.5) is 0 Å². The van der Waals surface area contributed by atoms with Crippen LogP contribution in [0.5, 0.6) is 0 Å². The Hall–Kier alpha value is -0.610. The minimum absolute atomic E-state index is 0.128. The van der Waals surface area contributed by atoms with Crippen molar-refractivity contribution in [3.63, 3.8) is 0 Å². The van der Waals surface area contributed by atoms with Crippen molar-refractivity contribution < 1.29 is 0 Å². The zero-order valence-corrected chi connectivity index (χ0v) is 12.9. The van der Waals surface area contributed by atoms with Gasteiger partial charge in [-0.25, -0.2) is 0 Å². The smallest absolute Gasteiger partial charge is 0.0497 e. The van der Waals surface area contributed by atoms with Crippen molar-refractivity contribution in [3.05, 3.63) is 34.9 Å². The van der Waals surface area contributed by atoms with E-state index in [9.17, 15) is 0 Å². The number of nitrogens with zero attached hydrogens (tertiary/aromatic N) is 2. The summed E-state index contributed by atoms with van der Waals surface area (Å²) >= 11 is 5.99. The Morgan fingerprint density at radius 3 is 2.20 bits per heavy atom. The number of benzene rings is 1. The van der Waals surface area contributed by atoms with Crippen molar-refractivity contribution in [2.24, 2.45) is 5.73 Å². The molecular formula is C16H24ClN3. The molecule has 1 aliphatic carbocycles. The zero-order chi connectivity index (χ0) is 14.1. The molecule has 0 aromatic heterocycles. The average molecular weight is 294 g/mol. The summed E-state index contributed by atoms with van der Waals surface area (Å²) in [4.78, 5) is 5.17. The molecule has 20 heavy (non-hydrogen) atoms. The summed E-state index contributed by atoms with van der Waals surface area (Å²) in [5, 5.41) is 0.788. The second-order valence-corrected chi connectivity index (χ2v) is 6.60. The summed E-state index contributed by atoms with van der Waals surface area (Å²) in [7, 11) is 0. The number of rotatable bonds is 4. The molecule has 4 heteroatoms. The normalized spacial score (nSPS) is 24.6. The Bertz CT molecular complexity index is 434.